The summed E-state index contributed by atoms with van der Waals surface area (Å²) >= 11 is 0. The van der Waals surface area contributed by atoms with Crippen LogP contribution in [0.4, 0.5) is 0 Å². The summed E-state index contributed by atoms with van der Waals surface area (Å²) in [7, 11) is 0. The van der Waals surface area contributed by atoms with Crippen LogP contribution in [-0.2, 0) is 0 Å². The first kappa shape index (κ1) is 31.0. The fourth-order valence-electron chi connectivity index (χ4n) is 9.14. The summed E-state index contributed by atoms with van der Waals surface area (Å²) in [6, 6.07) is 70.0. The molecule has 260 valence electrons. The molecule has 0 saturated heterocycles. The van der Waals surface area contributed by atoms with Crippen LogP contribution in [0.3, 0.4) is 0 Å². The van der Waals surface area contributed by atoms with E-state index in [0.29, 0.717) is 0 Å². The van der Waals surface area contributed by atoms with Crippen LogP contribution in [-0.4, -0.2) is 0 Å². The summed E-state index contributed by atoms with van der Waals surface area (Å²) in [5, 5.41) is 11.8. The highest BCUT2D eigenvalue weighted by atomic mass is 16.3. The Morgan fingerprint density at radius 1 is 0.232 bits per heavy atom. The van der Waals surface area contributed by atoms with Gasteiger partial charge in [-0.05, 0) is 119 Å². The van der Waals surface area contributed by atoms with Gasteiger partial charge in [0.1, 0.15) is 22.3 Å². The van der Waals surface area contributed by atoms with Crippen molar-refractivity contribution in [3.63, 3.8) is 0 Å². The van der Waals surface area contributed by atoms with Gasteiger partial charge in [-0.15, -0.1) is 0 Å². The van der Waals surface area contributed by atoms with Crippen molar-refractivity contribution in [2.75, 3.05) is 0 Å². The third kappa shape index (κ3) is 4.63. The molecule has 0 atom stereocenters. The van der Waals surface area contributed by atoms with Crippen molar-refractivity contribution in [2.24, 2.45) is 0 Å². The van der Waals surface area contributed by atoms with Gasteiger partial charge in [-0.3, -0.25) is 0 Å². The molecule has 0 bridgehead atoms. The van der Waals surface area contributed by atoms with Crippen molar-refractivity contribution in [2.45, 2.75) is 0 Å². The van der Waals surface area contributed by atoms with Crippen LogP contribution in [0.5, 0.6) is 0 Å². The van der Waals surface area contributed by atoms with Crippen molar-refractivity contribution >= 4 is 76.2 Å². The molecule has 0 radical (unpaired) electrons. The number of para-hydroxylation sites is 2. The van der Waals surface area contributed by atoms with Crippen LogP contribution < -0.4 is 0 Å². The number of benzene rings is 10. The minimum absolute atomic E-state index is 0.891. The number of hydrogen-bond donors (Lipinski definition) is 0. The Morgan fingerprint density at radius 3 is 1.34 bits per heavy atom. The number of hydrogen-bond acceptors (Lipinski definition) is 2. The first-order valence-electron chi connectivity index (χ1n) is 19.2. The van der Waals surface area contributed by atoms with E-state index in [1.807, 2.05) is 24.3 Å². The smallest absolute Gasteiger partial charge is 0.136 e. The van der Waals surface area contributed by atoms with Crippen LogP contribution in [0.15, 0.2) is 203 Å². The van der Waals surface area contributed by atoms with E-state index >= 15 is 0 Å². The van der Waals surface area contributed by atoms with Crippen molar-refractivity contribution in [1.29, 1.82) is 0 Å². The van der Waals surface area contributed by atoms with Gasteiger partial charge in [0, 0.05) is 21.5 Å². The molecule has 12 aromatic rings. The van der Waals surface area contributed by atoms with E-state index in [0.717, 1.165) is 66.1 Å². The number of fused-ring (bicyclic) bond motifs is 9. The van der Waals surface area contributed by atoms with E-state index in [1.165, 1.54) is 54.6 Å². The van der Waals surface area contributed by atoms with Gasteiger partial charge in [0.25, 0.3) is 0 Å². The highest BCUT2D eigenvalue weighted by molar-refractivity contribution is 6.22. The Hall–Kier alpha value is -7.42. The third-order valence-corrected chi connectivity index (χ3v) is 11.7. The average molecular weight is 713 g/mol. The Kier molecular flexibility index (Phi) is 6.66. The van der Waals surface area contributed by atoms with Gasteiger partial charge < -0.3 is 8.83 Å². The van der Waals surface area contributed by atoms with Crippen LogP contribution in [0.2, 0.25) is 0 Å². The normalized spacial score (nSPS) is 11.9. The van der Waals surface area contributed by atoms with Gasteiger partial charge in [-0.1, -0.05) is 152 Å². The number of furan rings is 2. The molecule has 0 amide bonds. The predicted molar refractivity (Wildman–Crippen MR) is 235 cm³/mol. The van der Waals surface area contributed by atoms with Crippen LogP contribution >= 0.6 is 0 Å². The maximum atomic E-state index is 6.42. The van der Waals surface area contributed by atoms with Gasteiger partial charge in [0.05, 0.1) is 0 Å². The lowest BCUT2D eigenvalue weighted by Crippen LogP contribution is -1.93. The molecule has 56 heavy (non-hydrogen) atoms. The Labute approximate surface area is 322 Å². The molecule has 2 aromatic heterocycles. The monoisotopic (exact) mass is 712 g/mol. The molecule has 0 N–H and O–H groups in total. The molecule has 0 fully saturated rings. The van der Waals surface area contributed by atoms with Gasteiger partial charge >= 0.3 is 0 Å². The van der Waals surface area contributed by atoms with Gasteiger partial charge in [-0.2, -0.15) is 0 Å². The highest BCUT2D eigenvalue weighted by Gasteiger charge is 2.21. The van der Waals surface area contributed by atoms with Crippen LogP contribution in [0, 0.1) is 0 Å². The summed E-state index contributed by atoms with van der Waals surface area (Å²) < 4.78 is 12.8. The zero-order valence-corrected chi connectivity index (χ0v) is 30.3. The second-order valence-corrected chi connectivity index (χ2v) is 14.7. The molecular weight excluding hydrogens is 681 g/mol. The fourth-order valence-corrected chi connectivity index (χ4v) is 9.14. The molecule has 0 aliphatic carbocycles. The molecule has 0 saturated carbocycles. The molecule has 0 aliphatic heterocycles. The highest BCUT2D eigenvalue weighted by Crippen LogP contribution is 2.48. The number of rotatable bonds is 4. The molecule has 10 aromatic carbocycles. The second-order valence-electron chi connectivity index (χ2n) is 14.7. The van der Waals surface area contributed by atoms with Crippen LogP contribution in [0.1, 0.15) is 0 Å². The zero-order chi connectivity index (χ0) is 36.7. The minimum atomic E-state index is 0.891. The molecule has 2 heterocycles. The summed E-state index contributed by atoms with van der Waals surface area (Å²) in [4.78, 5) is 0. The largest absolute Gasteiger partial charge is 0.456 e. The first-order chi connectivity index (χ1) is 27.8. The summed E-state index contributed by atoms with van der Waals surface area (Å²) in [6.45, 7) is 0. The molecule has 2 nitrogen and oxygen atoms in total. The Balaban J connectivity index is 1.20. The van der Waals surface area contributed by atoms with Gasteiger partial charge in [0.2, 0.25) is 0 Å². The van der Waals surface area contributed by atoms with Crippen LogP contribution in [0.25, 0.3) is 121 Å². The lowest BCUT2D eigenvalue weighted by atomic mass is 9.82. The Bertz CT molecular complexity index is 3360. The van der Waals surface area contributed by atoms with E-state index in [-0.39, 0.29) is 0 Å². The average Bonchev–Trinajstić information content (AvgIpc) is 3.82. The first-order valence-corrected chi connectivity index (χ1v) is 19.2. The standard InChI is InChI=1S/C54H32O2/c1-2-13-34(14-3-1)53-39-15-5-4-12-33(39)24-29-46(53)54-44-20-10-18-37(35-25-27-42-40-16-6-8-22-49(40)55-51(42)30-35)47(44)32-48-38(19-11-21-45(48)54)36-26-28-43-41-17-7-9-23-50(41)56-52(43)31-36/h1-32H. The second kappa shape index (κ2) is 12.0. The van der Waals surface area contributed by atoms with Crippen molar-refractivity contribution < 1.29 is 8.83 Å². The molecule has 0 unspecified atom stereocenters. The minimum Gasteiger partial charge on any atom is -0.456 e. The quantitative estimate of drug-likeness (QED) is 0.170. The molecular formula is C54H32O2. The molecule has 0 spiro atoms. The maximum Gasteiger partial charge on any atom is 0.136 e. The Morgan fingerprint density at radius 2 is 0.732 bits per heavy atom. The summed E-state index contributed by atoms with van der Waals surface area (Å²) in [5.74, 6) is 0. The molecule has 12 rings (SSSR count). The van der Waals surface area contributed by atoms with E-state index in [9.17, 15) is 0 Å². The van der Waals surface area contributed by atoms with Crippen molar-refractivity contribution in [1.82, 2.24) is 0 Å². The lowest BCUT2D eigenvalue weighted by molar-refractivity contribution is 0.668. The maximum absolute atomic E-state index is 6.42. The lowest BCUT2D eigenvalue weighted by Gasteiger charge is -2.20. The van der Waals surface area contributed by atoms with Crippen molar-refractivity contribution in [3.8, 4) is 44.5 Å². The SMILES string of the molecule is c1ccc(-c2c(-c3c4cccc(-c5ccc6c(c5)oc5ccccc56)c4cc4c(-c5ccc6c(c5)oc5ccccc56)cccc34)ccc3ccccc23)cc1. The van der Waals surface area contributed by atoms with Gasteiger partial charge in [-0.25, -0.2) is 0 Å². The van der Waals surface area contributed by atoms with E-state index in [1.54, 1.807) is 0 Å². The summed E-state index contributed by atoms with van der Waals surface area (Å²) in [5.41, 5.74) is 13.0. The van der Waals surface area contributed by atoms with E-state index in [4.69, 9.17) is 8.83 Å². The summed E-state index contributed by atoms with van der Waals surface area (Å²) in [6.07, 6.45) is 0. The van der Waals surface area contributed by atoms with E-state index in [2.05, 4.69) is 170 Å². The predicted octanol–water partition coefficient (Wildman–Crippen LogP) is 15.6. The molecule has 0 aliphatic rings. The van der Waals surface area contributed by atoms with Gasteiger partial charge in [0.15, 0.2) is 0 Å². The zero-order valence-electron chi connectivity index (χ0n) is 30.3. The molecule has 2 heteroatoms. The van der Waals surface area contributed by atoms with E-state index < -0.39 is 0 Å². The fraction of sp³-hybridized carbons (Fsp3) is 0. The topological polar surface area (TPSA) is 26.3 Å². The van der Waals surface area contributed by atoms with Crippen molar-refractivity contribution in [3.05, 3.63) is 194 Å². The third-order valence-electron chi connectivity index (χ3n) is 11.7.